The smallest absolute Gasteiger partial charge is 0.131 e. The van der Waals surface area contributed by atoms with Crippen LogP contribution in [0.4, 0.5) is 13.2 Å². The van der Waals surface area contributed by atoms with Crippen molar-refractivity contribution in [1.82, 2.24) is 0 Å². The number of rotatable bonds is 3. The van der Waals surface area contributed by atoms with E-state index in [9.17, 15) is 13.2 Å². The number of halogens is 3. The molecule has 0 radical (unpaired) electrons. The second-order valence-electron chi connectivity index (χ2n) is 4.99. The fourth-order valence-corrected chi connectivity index (χ4v) is 1.73. The van der Waals surface area contributed by atoms with E-state index in [1.807, 2.05) is 6.07 Å². The summed E-state index contributed by atoms with van der Waals surface area (Å²) in [5.41, 5.74) is 0.436. The van der Waals surface area contributed by atoms with E-state index >= 15 is 0 Å². The van der Waals surface area contributed by atoms with E-state index in [2.05, 4.69) is 0 Å². The maximum Gasteiger partial charge on any atom is 0.131 e. The van der Waals surface area contributed by atoms with E-state index in [4.69, 9.17) is 19.4 Å². The highest BCUT2D eigenvalue weighted by Gasteiger charge is 2.00. The topological polar surface area (TPSA) is 60.7 Å². The molecule has 3 aromatic carbocycles. The zero-order chi connectivity index (χ0) is 22.7. The summed E-state index contributed by atoms with van der Waals surface area (Å²) >= 11 is 0. The van der Waals surface area contributed by atoms with Gasteiger partial charge in [0, 0.05) is 17.2 Å². The second-order valence-corrected chi connectivity index (χ2v) is 4.99. The van der Waals surface area contributed by atoms with Gasteiger partial charge in [0.25, 0.3) is 0 Å². The predicted molar refractivity (Wildman–Crippen MR) is 97.0 cm³/mol. The third-order valence-corrected chi connectivity index (χ3v) is 3.09. The molecule has 3 rings (SSSR count). The fourth-order valence-electron chi connectivity index (χ4n) is 1.73. The van der Waals surface area contributed by atoms with Gasteiger partial charge in [-0.05, 0) is 17.7 Å². The van der Waals surface area contributed by atoms with Crippen LogP contribution in [-0.2, 0) is 19.7 Å². The highest BCUT2D eigenvalue weighted by atomic mass is 19.1. The Kier molecular flexibility index (Phi) is 8.30. The molecule has 0 fully saturated rings. The van der Waals surface area contributed by atoms with E-state index in [-0.39, 0.29) is 11.1 Å². The van der Waals surface area contributed by atoms with E-state index in [1.165, 1.54) is 18.2 Å². The van der Waals surface area contributed by atoms with Crippen LogP contribution in [-0.4, -0.2) is 15.3 Å². The van der Waals surface area contributed by atoms with Gasteiger partial charge in [-0.15, -0.1) is 0 Å². The normalized spacial score (nSPS) is 14.7. The summed E-state index contributed by atoms with van der Waals surface area (Å²) in [6, 6.07) is 17.3. The van der Waals surface area contributed by atoms with Crippen molar-refractivity contribution in [1.29, 1.82) is 0 Å². The Bertz CT molecular complexity index is 895. The molecular formula is C21H21F3O3. The molecule has 3 unspecified atom stereocenters. The van der Waals surface area contributed by atoms with Crippen molar-refractivity contribution in [2.45, 2.75) is 19.7 Å². The van der Waals surface area contributed by atoms with Gasteiger partial charge in [0.1, 0.15) is 17.5 Å². The lowest BCUT2D eigenvalue weighted by molar-refractivity contribution is 0.275. The molecule has 3 nitrogen and oxygen atoms in total. The Morgan fingerprint density at radius 2 is 1.19 bits per heavy atom. The number of aliphatic hydroxyl groups excluding tert-OH is 3. The van der Waals surface area contributed by atoms with Crippen molar-refractivity contribution >= 4 is 0 Å². The first-order valence-corrected chi connectivity index (χ1v) is 7.68. The lowest BCUT2D eigenvalue weighted by Gasteiger charge is -1.96. The van der Waals surface area contributed by atoms with Crippen LogP contribution >= 0.6 is 0 Å². The zero-order valence-corrected chi connectivity index (χ0v) is 14.1. The van der Waals surface area contributed by atoms with Crippen molar-refractivity contribution < 1.29 is 32.6 Å². The third kappa shape index (κ3) is 8.50. The van der Waals surface area contributed by atoms with Crippen LogP contribution in [0.15, 0.2) is 72.8 Å². The van der Waals surface area contributed by atoms with Crippen molar-refractivity contribution in [3.8, 4) is 0 Å². The molecule has 0 saturated heterocycles. The first kappa shape index (κ1) is 17.7. The zero-order valence-electron chi connectivity index (χ0n) is 17.1. The summed E-state index contributed by atoms with van der Waals surface area (Å²) < 4.78 is 57.7. The molecule has 3 aromatic rings. The number of hydrogen-bond donors (Lipinski definition) is 3. The summed E-state index contributed by atoms with van der Waals surface area (Å²) in [7, 11) is 0. The summed E-state index contributed by atoms with van der Waals surface area (Å²) in [5, 5.41) is 25.9. The number of benzene rings is 3. The summed E-state index contributed by atoms with van der Waals surface area (Å²) in [6.45, 7) is -4.21. The Morgan fingerprint density at radius 3 is 1.63 bits per heavy atom. The molecule has 0 heterocycles. The van der Waals surface area contributed by atoms with Crippen molar-refractivity contribution in [3.63, 3.8) is 0 Å². The second kappa shape index (κ2) is 12.6. The molecule has 0 aliphatic carbocycles. The quantitative estimate of drug-likeness (QED) is 0.644. The Morgan fingerprint density at radius 1 is 0.630 bits per heavy atom. The lowest BCUT2D eigenvalue weighted by Crippen LogP contribution is -1.89. The van der Waals surface area contributed by atoms with Crippen LogP contribution < -0.4 is 0 Å². The van der Waals surface area contributed by atoms with E-state index in [0.29, 0.717) is 11.6 Å². The molecule has 144 valence electrons. The highest BCUT2D eigenvalue weighted by molar-refractivity contribution is 5.17. The Labute approximate surface area is 160 Å². The van der Waals surface area contributed by atoms with Gasteiger partial charge in [-0.1, -0.05) is 54.6 Å². The minimum absolute atomic E-state index is 0.0162. The SMILES string of the molecule is [2H]C(O)c1ccc(F)cc1F.[2H]C(O)c1ccccc1.[2H]C(O)c1ccccc1F. The molecule has 0 aromatic heterocycles. The van der Waals surface area contributed by atoms with Gasteiger partial charge in [0.05, 0.1) is 23.9 Å². The van der Waals surface area contributed by atoms with Crippen molar-refractivity contribution in [3.05, 3.63) is 107 Å². The Hall–Kier alpha value is -2.67. The van der Waals surface area contributed by atoms with Crippen LogP contribution in [0.5, 0.6) is 0 Å². The largest absolute Gasteiger partial charge is 0.392 e. The molecule has 0 aliphatic rings. The molecular weight excluding hydrogens is 357 g/mol. The molecule has 3 atom stereocenters. The first-order chi connectivity index (χ1) is 14.1. The average Bonchev–Trinajstić information content (AvgIpc) is 2.69. The average molecular weight is 381 g/mol. The van der Waals surface area contributed by atoms with Gasteiger partial charge in [-0.25, -0.2) is 13.2 Å². The van der Waals surface area contributed by atoms with Crippen molar-refractivity contribution in [2.24, 2.45) is 0 Å². The van der Waals surface area contributed by atoms with Crippen LogP contribution in [0.3, 0.4) is 0 Å². The first-order valence-electron chi connectivity index (χ1n) is 9.42. The predicted octanol–water partition coefficient (Wildman–Crippen LogP) is 3.95. The van der Waals surface area contributed by atoms with E-state index in [0.717, 1.165) is 12.1 Å². The molecule has 0 amide bonds. The van der Waals surface area contributed by atoms with Gasteiger partial charge < -0.3 is 15.3 Å². The molecule has 27 heavy (non-hydrogen) atoms. The summed E-state index contributed by atoms with van der Waals surface area (Å²) in [4.78, 5) is 0. The van der Waals surface area contributed by atoms with Gasteiger partial charge in [0.15, 0.2) is 0 Å². The van der Waals surface area contributed by atoms with Crippen LogP contribution in [0.25, 0.3) is 0 Å². The minimum atomic E-state index is -1.64. The molecule has 0 saturated carbocycles. The van der Waals surface area contributed by atoms with Gasteiger partial charge >= 0.3 is 0 Å². The maximum atomic E-state index is 12.6. The van der Waals surface area contributed by atoms with E-state index < -0.39 is 37.2 Å². The minimum Gasteiger partial charge on any atom is -0.392 e. The molecule has 0 bridgehead atoms. The maximum absolute atomic E-state index is 12.6. The van der Waals surface area contributed by atoms with Crippen molar-refractivity contribution in [2.75, 3.05) is 0 Å². The molecule has 6 heteroatoms. The molecule has 0 aliphatic heterocycles. The Balaban J connectivity index is 0.000000226. The molecule has 0 spiro atoms. The van der Waals surface area contributed by atoms with Gasteiger partial charge in [0.2, 0.25) is 0 Å². The van der Waals surface area contributed by atoms with E-state index in [1.54, 1.807) is 30.3 Å². The monoisotopic (exact) mass is 381 g/mol. The van der Waals surface area contributed by atoms with Gasteiger partial charge in [-0.2, -0.15) is 0 Å². The summed E-state index contributed by atoms with van der Waals surface area (Å²) in [5.74, 6) is -2.15. The van der Waals surface area contributed by atoms with Crippen LogP contribution in [0, 0.1) is 17.5 Å². The molecule has 3 N–H and O–H groups in total. The van der Waals surface area contributed by atoms with Gasteiger partial charge in [-0.3, -0.25) is 0 Å². The van der Waals surface area contributed by atoms with Crippen LogP contribution in [0.1, 0.15) is 20.8 Å². The highest BCUT2D eigenvalue weighted by Crippen LogP contribution is 2.08. The number of aliphatic hydroxyl groups is 3. The van der Waals surface area contributed by atoms with Crippen LogP contribution in [0.2, 0.25) is 0 Å². The fraction of sp³-hybridized carbons (Fsp3) is 0.143. The number of hydrogen-bond acceptors (Lipinski definition) is 3. The summed E-state index contributed by atoms with van der Waals surface area (Å²) in [6.07, 6.45) is 0. The standard InChI is InChI=1S/C7H6F2O.C7H7FO.C7H8O/c8-6-2-1-5(4-10)7(9)3-6;8-7-4-2-1-3-6(7)5-9;8-6-7-4-2-1-3-5-7/h1-3,10H,4H2;1-4,9H,5H2;1-5,8H,6H2/i4D;5D;6D. The lowest BCUT2D eigenvalue weighted by atomic mass is 10.2. The third-order valence-electron chi connectivity index (χ3n) is 3.09.